The van der Waals surface area contributed by atoms with Gasteiger partial charge < -0.3 is 9.47 Å². The zero-order chi connectivity index (χ0) is 16.7. The van der Waals surface area contributed by atoms with E-state index in [0.717, 1.165) is 36.2 Å². The summed E-state index contributed by atoms with van der Waals surface area (Å²) < 4.78 is 2.17. The molecule has 1 unspecified atom stereocenters. The van der Waals surface area contributed by atoms with Crippen molar-refractivity contribution in [1.82, 2.24) is 14.8 Å². The highest BCUT2D eigenvalue weighted by Crippen LogP contribution is 2.40. The summed E-state index contributed by atoms with van der Waals surface area (Å²) in [5.41, 5.74) is 2.32. The number of carbonyl (C=O) groups excluding carboxylic acids is 1. The van der Waals surface area contributed by atoms with E-state index in [1.165, 1.54) is 30.2 Å². The first-order chi connectivity index (χ1) is 11.7. The maximum absolute atomic E-state index is 12.9. The van der Waals surface area contributed by atoms with E-state index in [0.29, 0.717) is 5.92 Å². The number of hydrogen-bond acceptors (Lipinski definition) is 4. The first kappa shape index (κ1) is 15.7. The number of hydrogen-bond donors (Lipinski definition) is 0. The zero-order valence-electron chi connectivity index (χ0n) is 14.1. The molecule has 0 spiro atoms. The summed E-state index contributed by atoms with van der Waals surface area (Å²) in [6, 6.07) is 8.18. The van der Waals surface area contributed by atoms with E-state index in [9.17, 15) is 4.79 Å². The van der Waals surface area contributed by atoms with Crippen LogP contribution in [0.4, 0.5) is 5.69 Å². The lowest BCUT2D eigenvalue weighted by Gasteiger charge is -2.21. The van der Waals surface area contributed by atoms with Gasteiger partial charge in [0, 0.05) is 24.7 Å². The number of anilines is 1. The molecule has 1 aliphatic heterocycles. The monoisotopic (exact) mass is 342 g/mol. The molecule has 0 N–H and O–H groups in total. The number of fused-ring (bicyclic) bond motifs is 1. The first-order valence-electron chi connectivity index (χ1n) is 8.68. The molecular weight excluding hydrogens is 320 g/mol. The number of nitrogens with zero attached hydrogens (tertiary/aromatic N) is 4. The molecule has 0 bridgehead atoms. The van der Waals surface area contributed by atoms with Crippen molar-refractivity contribution in [2.24, 2.45) is 0 Å². The Bertz CT molecular complexity index is 768. The van der Waals surface area contributed by atoms with Gasteiger partial charge in [-0.05, 0) is 44.7 Å². The van der Waals surface area contributed by atoms with E-state index >= 15 is 0 Å². The van der Waals surface area contributed by atoms with Crippen LogP contribution in [0.25, 0.3) is 0 Å². The molecule has 2 heterocycles. The Labute approximate surface area is 146 Å². The second kappa shape index (κ2) is 6.24. The Morgan fingerprint density at radius 1 is 1.33 bits per heavy atom. The van der Waals surface area contributed by atoms with E-state index in [-0.39, 0.29) is 11.2 Å². The van der Waals surface area contributed by atoms with Crippen molar-refractivity contribution in [2.45, 2.75) is 56.0 Å². The minimum Gasteiger partial charge on any atom is -0.311 e. The number of carbonyl (C=O) groups is 1. The highest BCUT2D eigenvalue weighted by Gasteiger charge is 2.32. The molecule has 1 aliphatic carbocycles. The fourth-order valence-electron chi connectivity index (χ4n) is 3.32. The minimum atomic E-state index is -0.169. The summed E-state index contributed by atoms with van der Waals surface area (Å²) in [7, 11) is 0. The van der Waals surface area contributed by atoms with Gasteiger partial charge in [-0.15, -0.1) is 10.2 Å². The standard InChI is InChI=1S/C18H22N4OS/c1-3-21-16(14-8-9-14)19-20-18(21)24-12(2)17(23)22-11-10-13-6-4-5-7-15(13)22/h4-7,12,14H,3,8-11H2,1-2H3. The van der Waals surface area contributed by atoms with E-state index in [4.69, 9.17) is 0 Å². The fourth-order valence-corrected chi connectivity index (χ4v) is 4.31. The third kappa shape index (κ3) is 2.73. The van der Waals surface area contributed by atoms with Crippen LogP contribution in [-0.2, 0) is 17.8 Å². The predicted molar refractivity (Wildman–Crippen MR) is 95.5 cm³/mol. The lowest BCUT2D eigenvalue weighted by Crippen LogP contribution is -2.35. The van der Waals surface area contributed by atoms with Crippen molar-refractivity contribution < 1.29 is 4.79 Å². The van der Waals surface area contributed by atoms with Gasteiger partial charge in [0.1, 0.15) is 5.82 Å². The van der Waals surface area contributed by atoms with Gasteiger partial charge in [-0.2, -0.15) is 0 Å². The number of aromatic nitrogens is 3. The molecule has 2 aromatic rings. The average molecular weight is 342 g/mol. The molecule has 1 saturated carbocycles. The number of thioether (sulfide) groups is 1. The normalized spacial score (nSPS) is 17.8. The van der Waals surface area contributed by atoms with E-state index < -0.39 is 0 Å². The van der Waals surface area contributed by atoms with Crippen molar-refractivity contribution >= 4 is 23.4 Å². The van der Waals surface area contributed by atoms with Crippen molar-refractivity contribution in [1.29, 1.82) is 0 Å². The third-order valence-electron chi connectivity index (χ3n) is 4.79. The molecule has 24 heavy (non-hydrogen) atoms. The number of para-hydroxylation sites is 1. The number of benzene rings is 1. The smallest absolute Gasteiger partial charge is 0.240 e. The first-order valence-corrected chi connectivity index (χ1v) is 9.56. The molecule has 6 heteroatoms. The van der Waals surface area contributed by atoms with Gasteiger partial charge in [0.2, 0.25) is 5.91 Å². The van der Waals surface area contributed by atoms with Crippen LogP contribution in [0.15, 0.2) is 29.4 Å². The van der Waals surface area contributed by atoms with Crippen LogP contribution in [-0.4, -0.2) is 32.5 Å². The molecule has 1 amide bonds. The molecule has 1 aromatic heterocycles. The summed E-state index contributed by atoms with van der Waals surface area (Å²) in [6.45, 7) is 5.72. The van der Waals surface area contributed by atoms with E-state index in [2.05, 4.69) is 27.8 Å². The van der Waals surface area contributed by atoms with Gasteiger partial charge in [-0.1, -0.05) is 30.0 Å². The van der Waals surface area contributed by atoms with Crippen LogP contribution in [0, 0.1) is 0 Å². The topological polar surface area (TPSA) is 51.0 Å². The summed E-state index contributed by atoms with van der Waals surface area (Å²) in [5, 5.41) is 9.41. The van der Waals surface area contributed by atoms with Crippen molar-refractivity contribution in [3.05, 3.63) is 35.7 Å². The van der Waals surface area contributed by atoms with Gasteiger partial charge in [0.05, 0.1) is 5.25 Å². The maximum atomic E-state index is 12.9. The molecule has 2 aliphatic rings. The molecule has 1 fully saturated rings. The Balaban J connectivity index is 1.51. The van der Waals surface area contributed by atoms with E-state index in [1.54, 1.807) is 0 Å². The van der Waals surface area contributed by atoms with E-state index in [1.807, 2.05) is 30.0 Å². The van der Waals surface area contributed by atoms with Crippen LogP contribution < -0.4 is 4.90 Å². The minimum absolute atomic E-state index is 0.156. The fraction of sp³-hybridized carbons (Fsp3) is 0.500. The molecule has 4 rings (SSSR count). The van der Waals surface area contributed by atoms with Crippen LogP contribution in [0.5, 0.6) is 0 Å². The number of amides is 1. The maximum Gasteiger partial charge on any atom is 0.240 e. The lowest BCUT2D eigenvalue weighted by molar-refractivity contribution is -0.117. The SMILES string of the molecule is CCn1c(SC(C)C(=O)N2CCc3ccccc32)nnc1C1CC1. The predicted octanol–water partition coefficient (Wildman–Crippen LogP) is 3.25. The Morgan fingerprint density at radius 3 is 2.88 bits per heavy atom. The summed E-state index contributed by atoms with van der Waals surface area (Å²) in [5.74, 6) is 1.82. The van der Waals surface area contributed by atoms with Crippen LogP contribution in [0.2, 0.25) is 0 Å². The van der Waals surface area contributed by atoms with Crippen molar-refractivity contribution in [3.8, 4) is 0 Å². The molecule has 1 atom stereocenters. The van der Waals surface area contributed by atoms with Crippen molar-refractivity contribution in [2.75, 3.05) is 11.4 Å². The molecular formula is C18H22N4OS. The molecule has 126 valence electrons. The van der Waals surface area contributed by atoms with Gasteiger partial charge in [0.15, 0.2) is 5.16 Å². The van der Waals surface area contributed by atoms with Gasteiger partial charge >= 0.3 is 0 Å². The van der Waals surface area contributed by atoms with Gasteiger partial charge in [-0.25, -0.2) is 0 Å². The Hall–Kier alpha value is -1.82. The molecule has 0 saturated heterocycles. The summed E-state index contributed by atoms with van der Waals surface area (Å²) in [4.78, 5) is 14.8. The number of rotatable bonds is 5. The average Bonchev–Trinajstić information content (AvgIpc) is 3.23. The second-order valence-corrected chi connectivity index (χ2v) is 7.80. The quantitative estimate of drug-likeness (QED) is 0.783. The third-order valence-corrected chi connectivity index (χ3v) is 5.86. The molecule has 5 nitrogen and oxygen atoms in total. The van der Waals surface area contributed by atoms with Crippen LogP contribution >= 0.6 is 11.8 Å². The van der Waals surface area contributed by atoms with Gasteiger partial charge in [-0.3, -0.25) is 4.79 Å². The molecule has 1 aromatic carbocycles. The summed E-state index contributed by atoms with van der Waals surface area (Å²) >= 11 is 1.53. The van der Waals surface area contributed by atoms with Gasteiger partial charge in [0.25, 0.3) is 0 Å². The largest absolute Gasteiger partial charge is 0.311 e. The van der Waals surface area contributed by atoms with Crippen LogP contribution in [0.1, 0.15) is 44.0 Å². The highest BCUT2D eigenvalue weighted by atomic mass is 32.2. The zero-order valence-corrected chi connectivity index (χ0v) is 14.9. The van der Waals surface area contributed by atoms with Crippen LogP contribution in [0.3, 0.4) is 0 Å². The molecule has 0 radical (unpaired) electrons. The lowest BCUT2D eigenvalue weighted by atomic mass is 10.2. The Kier molecular flexibility index (Phi) is 4.08. The van der Waals surface area contributed by atoms with Crippen molar-refractivity contribution in [3.63, 3.8) is 0 Å². The Morgan fingerprint density at radius 2 is 2.12 bits per heavy atom. The second-order valence-electron chi connectivity index (χ2n) is 6.49. The summed E-state index contributed by atoms with van der Waals surface area (Å²) in [6.07, 6.45) is 3.36. The highest BCUT2D eigenvalue weighted by molar-refractivity contribution is 8.00.